The minimum Gasteiger partial charge on any atom is -0.493 e. The van der Waals surface area contributed by atoms with Crippen LogP contribution in [0.3, 0.4) is 0 Å². The molecule has 1 heterocycles. The van der Waals surface area contributed by atoms with Crippen molar-refractivity contribution in [3.05, 3.63) is 29.3 Å². The first-order valence-electron chi connectivity index (χ1n) is 7.17. The summed E-state index contributed by atoms with van der Waals surface area (Å²) in [4.78, 5) is 0. The van der Waals surface area contributed by atoms with E-state index in [9.17, 15) is 0 Å². The number of hydrogen-bond acceptors (Lipinski definition) is 2. The van der Waals surface area contributed by atoms with Crippen LogP contribution in [0.5, 0.6) is 5.75 Å². The number of nitrogens with one attached hydrogen (secondary N) is 1. The molecule has 2 heteroatoms. The van der Waals surface area contributed by atoms with E-state index in [0.29, 0.717) is 6.04 Å². The Morgan fingerprint density at radius 3 is 2.94 bits per heavy atom. The third-order valence-electron chi connectivity index (χ3n) is 3.88. The van der Waals surface area contributed by atoms with Crippen molar-refractivity contribution in [3.8, 4) is 5.75 Å². The highest BCUT2D eigenvalue weighted by Crippen LogP contribution is 2.30. The van der Waals surface area contributed by atoms with Crippen LogP contribution in [0.25, 0.3) is 0 Å². The standard InChI is InChI=1S/C16H25NO/c1-4-5-12(2)10-15(17-3)13-6-7-16-14(11-13)8-9-18-16/h6-7,11-12,15,17H,4-5,8-10H2,1-3H3. The number of rotatable bonds is 6. The maximum Gasteiger partial charge on any atom is 0.122 e. The van der Waals surface area contributed by atoms with E-state index in [1.54, 1.807) is 0 Å². The lowest BCUT2D eigenvalue weighted by molar-refractivity contribution is 0.356. The SMILES string of the molecule is CCCC(C)CC(NC)c1ccc2c(c1)CCO2. The summed E-state index contributed by atoms with van der Waals surface area (Å²) in [6.45, 7) is 5.46. The molecule has 0 saturated heterocycles. The average molecular weight is 247 g/mol. The Balaban J connectivity index is 2.07. The van der Waals surface area contributed by atoms with Gasteiger partial charge in [-0.05, 0) is 36.6 Å². The summed E-state index contributed by atoms with van der Waals surface area (Å²) in [5.74, 6) is 1.85. The molecule has 2 atom stereocenters. The van der Waals surface area contributed by atoms with E-state index in [1.807, 2.05) is 0 Å². The minimum atomic E-state index is 0.470. The molecule has 1 aliphatic heterocycles. The maximum absolute atomic E-state index is 5.57. The highest BCUT2D eigenvalue weighted by atomic mass is 16.5. The van der Waals surface area contributed by atoms with Crippen LogP contribution >= 0.6 is 0 Å². The van der Waals surface area contributed by atoms with Crippen molar-refractivity contribution < 1.29 is 4.74 Å². The monoisotopic (exact) mass is 247 g/mol. The molecule has 2 nitrogen and oxygen atoms in total. The van der Waals surface area contributed by atoms with Gasteiger partial charge in [0.2, 0.25) is 0 Å². The molecule has 2 unspecified atom stereocenters. The van der Waals surface area contributed by atoms with Gasteiger partial charge >= 0.3 is 0 Å². The van der Waals surface area contributed by atoms with Gasteiger partial charge < -0.3 is 10.1 Å². The Hall–Kier alpha value is -1.02. The molecule has 100 valence electrons. The zero-order chi connectivity index (χ0) is 13.0. The van der Waals surface area contributed by atoms with Crippen molar-refractivity contribution in [3.63, 3.8) is 0 Å². The minimum absolute atomic E-state index is 0.470. The largest absolute Gasteiger partial charge is 0.493 e. The smallest absolute Gasteiger partial charge is 0.122 e. The van der Waals surface area contributed by atoms with Crippen molar-refractivity contribution in [1.82, 2.24) is 5.32 Å². The number of benzene rings is 1. The first-order chi connectivity index (χ1) is 8.74. The molecule has 1 aromatic carbocycles. The van der Waals surface area contributed by atoms with Crippen molar-refractivity contribution >= 4 is 0 Å². The van der Waals surface area contributed by atoms with Gasteiger partial charge in [0.1, 0.15) is 5.75 Å². The fraction of sp³-hybridized carbons (Fsp3) is 0.625. The van der Waals surface area contributed by atoms with Crippen LogP contribution < -0.4 is 10.1 Å². The van der Waals surface area contributed by atoms with Gasteiger partial charge in [-0.3, -0.25) is 0 Å². The van der Waals surface area contributed by atoms with Crippen LogP contribution in [0, 0.1) is 5.92 Å². The molecule has 1 aromatic rings. The number of hydrogen-bond donors (Lipinski definition) is 1. The van der Waals surface area contributed by atoms with E-state index in [0.717, 1.165) is 24.7 Å². The van der Waals surface area contributed by atoms with Gasteiger partial charge in [-0.1, -0.05) is 38.8 Å². The third kappa shape index (κ3) is 3.05. The third-order valence-corrected chi connectivity index (χ3v) is 3.88. The summed E-state index contributed by atoms with van der Waals surface area (Å²) < 4.78 is 5.57. The van der Waals surface area contributed by atoms with Crippen LogP contribution in [-0.2, 0) is 6.42 Å². The van der Waals surface area contributed by atoms with E-state index in [1.165, 1.54) is 30.4 Å². The van der Waals surface area contributed by atoms with E-state index in [4.69, 9.17) is 4.74 Å². The Labute approximate surface area is 111 Å². The second kappa shape index (κ2) is 6.24. The molecule has 0 bridgehead atoms. The predicted molar refractivity (Wildman–Crippen MR) is 76.1 cm³/mol. The lowest BCUT2D eigenvalue weighted by atomic mass is 9.92. The molecule has 1 N–H and O–H groups in total. The van der Waals surface area contributed by atoms with Gasteiger partial charge in [-0.15, -0.1) is 0 Å². The normalized spacial score (nSPS) is 17.1. The second-order valence-electron chi connectivity index (χ2n) is 5.44. The van der Waals surface area contributed by atoms with Gasteiger partial charge in [-0.25, -0.2) is 0 Å². The van der Waals surface area contributed by atoms with Gasteiger partial charge in [0.05, 0.1) is 6.61 Å². The molecular weight excluding hydrogens is 222 g/mol. The first-order valence-corrected chi connectivity index (χ1v) is 7.17. The highest BCUT2D eigenvalue weighted by molar-refractivity contribution is 5.40. The van der Waals surface area contributed by atoms with Crippen LogP contribution in [-0.4, -0.2) is 13.7 Å². The van der Waals surface area contributed by atoms with Crippen molar-refractivity contribution in [2.75, 3.05) is 13.7 Å². The van der Waals surface area contributed by atoms with Crippen molar-refractivity contribution in [1.29, 1.82) is 0 Å². The summed E-state index contributed by atoms with van der Waals surface area (Å²) in [5.41, 5.74) is 2.78. The number of fused-ring (bicyclic) bond motifs is 1. The summed E-state index contributed by atoms with van der Waals surface area (Å²) >= 11 is 0. The van der Waals surface area contributed by atoms with Crippen LogP contribution in [0.2, 0.25) is 0 Å². The molecule has 2 rings (SSSR count). The quantitative estimate of drug-likeness (QED) is 0.827. The highest BCUT2D eigenvalue weighted by Gasteiger charge is 2.17. The molecular formula is C16H25NO. The van der Waals surface area contributed by atoms with E-state index >= 15 is 0 Å². The Morgan fingerprint density at radius 1 is 1.39 bits per heavy atom. The molecule has 0 aromatic heterocycles. The Morgan fingerprint density at radius 2 is 2.22 bits per heavy atom. The summed E-state index contributed by atoms with van der Waals surface area (Å²) in [6.07, 6.45) is 4.86. The zero-order valence-corrected chi connectivity index (χ0v) is 11.8. The topological polar surface area (TPSA) is 21.3 Å². The average Bonchev–Trinajstić information content (AvgIpc) is 2.83. The Bertz CT molecular complexity index is 389. The zero-order valence-electron chi connectivity index (χ0n) is 11.8. The molecule has 18 heavy (non-hydrogen) atoms. The van der Waals surface area contributed by atoms with Crippen LogP contribution in [0.15, 0.2) is 18.2 Å². The summed E-state index contributed by atoms with van der Waals surface area (Å²) in [7, 11) is 2.06. The maximum atomic E-state index is 5.57. The summed E-state index contributed by atoms with van der Waals surface area (Å²) in [5, 5.41) is 3.46. The second-order valence-corrected chi connectivity index (χ2v) is 5.44. The molecule has 0 radical (unpaired) electrons. The molecule has 0 aliphatic carbocycles. The molecule has 0 spiro atoms. The van der Waals surface area contributed by atoms with Gasteiger partial charge in [-0.2, -0.15) is 0 Å². The molecule has 1 aliphatic rings. The van der Waals surface area contributed by atoms with E-state index in [2.05, 4.69) is 44.4 Å². The summed E-state index contributed by atoms with van der Waals surface area (Å²) in [6, 6.07) is 7.14. The van der Waals surface area contributed by atoms with Gasteiger partial charge in [0, 0.05) is 12.5 Å². The predicted octanol–water partition coefficient (Wildman–Crippen LogP) is 3.71. The van der Waals surface area contributed by atoms with Crippen molar-refractivity contribution in [2.45, 2.75) is 45.6 Å². The van der Waals surface area contributed by atoms with Gasteiger partial charge in [0.25, 0.3) is 0 Å². The van der Waals surface area contributed by atoms with Crippen LogP contribution in [0.1, 0.15) is 50.3 Å². The fourth-order valence-corrected chi connectivity index (χ4v) is 2.86. The number of ether oxygens (including phenoxy) is 1. The first kappa shape index (κ1) is 13.4. The van der Waals surface area contributed by atoms with E-state index < -0.39 is 0 Å². The lowest BCUT2D eigenvalue weighted by Crippen LogP contribution is -2.19. The molecule has 0 amide bonds. The fourth-order valence-electron chi connectivity index (χ4n) is 2.86. The van der Waals surface area contributed by atoms with E-state index in [-0.39, 0.29) is 0 Å². The van der Waals surface area contributed by atoms with Crippen molar-refractivity contribution in [2.24, 2.45) is 5.92 Å². The van der Waals surface area contributed by atoms with Crippen LogP contribution in [0.4, 0.5) is 0 Å². The van der Waals surface area contributed by atoms with Gasteiger partial charge in [0.15, 0.2) is 0 Å². The Kier molecular flexibility index (Phi) is 4.65. The molecule has 0 fully saturated rings. The lowest BCUT2D eigenvalue weighted by Gasteiger charge is -2.21. The molecule has 0 saturated carbocycles.